The number of aromatic hydroxyl groups is 2. The quantitative estimate of drug-likeness (QED) is 0.261. The molecule has 0 aliphatic heterocycles. The largest absolute Gasteiger partial charge is 0.508 e. The number of hydrogen-bond acceptors (Lipinski definition) is 2. The van der Waals surface area contributed by atoms with Gasteiger partial charge in [-0.3, -0.25) is 0 Å². The van der Waals surface area contributed by atoms with Crippen molar-refractivity contribution < 1.29 is 10.2 Å². The zero-order valence-corrected chi connectivity index (χ0v) is 16.8. The first kappa shape index (κ1) is 22.8. The molecule has 0 heterocycles. The van der Waals surface area contributed by atoms with Gasteiger partial charge < -0.3 is 10.2 Å². The number of benzene rings is 1. The third kappa shape index (κ3) is 13.6. The second-order valence-corrected chi connectivity index (χ2v) is 6.96. The van der Waals surface area contributed by atoms with Gasteiger partial charge in [-0.2, -0.15) is 0 Å². The number of phenols is 2. The van der Waals surface area contributed by atoms with Crippen LogP contribution in [-0.2, 0) is 0 Å². The predicted octanol–water partition coefficient (Wildman–Crippen LogP) is 7.70. The van der Waals surface area contributed by atoms with E-state index in [1.807, 2.05) is 36.5 Å². The van der Waals surface area contributed by atoms with E-state index >= 15 is 0 Å². The van der Waals surface area contributed by atoms with E-state index in [9.17, 15) is 10.2 Å². The first-order valence-electron chi connectivity index (χ1n) is 10.4. The van der Waals surface area contributed by atoms with Crippen LogP contribution in [0.25, 0.3) is 6.08 Å². The number of hydrogen-bond donors (Lipinski definition) is 2. The van der Waals surface area contributed by atoms with Crippen molar-refractivity contribution >= 4 is 6.08 Å². The van der Waals surface area contributed by atoms with E-state index in [1.54, 1.807) is 12.1 Å². The van der Waals surface area contributed by atoms with E-state index in [4.69, 9.17) is 0 Å². The minimum atomic E-state index is 0.0654. The summed E-state index contributed by atoms with van der Waals surface area (Å²) in [5.41, 5.74) is 0.766. The van der Waals surface area contributed by atoms with Crippen molar-refractivity contribution in [3.8, 4) is 11.5 Å². The van der Waals surface area contributed by atoms with Gasteiger partial charge in [-0.05, 0) is 30.5 Å². The molecule has 0 aliphatic carbocycles. The Hall–Kier alpha value is -2.22. The second-order valence-electron chi connectivity index (χ2n) is 6.96. The fraction of sp³-hybridized carbons (Fsp3) is 0.440. The molecule has 2 heteroatoms. The molecule has 1 aromatic carbocycles. The first-order chi connectivity index (χ1) is 13.2. The summed E-state index contributed by atoms with van der Waals surface area (Å²) in [6.45, 7) is 2.27. The molecule has 0 atom stereocenters. The van der Waals surface area contributed by atoms with E-state index in [0.717, 1.165) is 12.0 Å². The smallest absolute Gasteiger partial charge is 0.119 e. The predicted molar refractivity (Wildman–Crippen MR) is 118 cm³/mol. The van der Waals surface area contributed by atoms with Gasteiger partial charge in [0.25, 0.3) is 0 Å². The summed E-state index contributed by atoms with van der Waals surface area (Å²) in [6.07, 6.45) is 29.5. The Balaban J connectivity index is 2.04. The lowest BCUT2D eigenvalue weighted by atomic mass is 10.1. The van der Waals surface area contributed by atoms with E-state index < -0.39 is 0 Å². The number of unbranched alkanes of at least 4 members (excludes halogenated alkanes) is 9. The van der Waals surface area contributed by atoms with Gasteiger partial charge in [-0.1, -0.05) is 107 Å². The molecule has 0 aliphatic rings. The Morgan fingerprint density at radius 1 is 0.630 bits per heavy atom. The SMILES string of the molecule is CCCCCCCCCCC/C=C/C=C/C=C/C=C/c1cc(O)cc(O)c1. The van der Waals surface area contributed by atoms with Crippen LogP contribution in [0.3, 0.4) is 0 Å². The molecule has 0 radical (unpaired) electrons. The Labute approximate surface area is 165 Å². The molecule has 1 aromatic rings. The maximum Gasteiger partial charge on any atom is 0.119 e. The minimum absolute atomic E-state index is 0.0654. The van der Waals surface area contributed by atoms with E-state index in [0.29, 0.717) is 0 Å². The second kappa shape index (κ2) is 16.0. The van der Waals surface area contributed by atoms with E-state index in [1.165, 1.54) is 63.9 Å². The molecule has 27 heavy (non-hydrogen) atoms. The molecule has 2 N–H and O–H groups in total. The highest BCUT2D eigenvalue weighted by molar-refractivity contribution is 5.56. The molecule has 0 bridgehead atoms. The summed E-state index contributed by atoms with van der Waals surface area (Å²) in [5.74, 6) is 0.131. The van der Waals surface area contributed by atoms with Crippen LogP contribution in [0.5, 0.6) is 11.5 Å². The maximum absolute atomic E-state index is 9.41. The normalized spacial score (nSPS) is 12.3. The van der Waals surface area contributed by atoms with Crippen molar-refractivity contribution in [3.05, 3.63) is 66.3 Å². The molecule has 0 saturated carbocycles. The van der Waals surface area contributed by atoms with Crippen LogP contribution in [0.4, 0.5) is 0 Å². The van der Waals surface area contributed by atoms with Gasteiger partial charge in [0.05, 0.1) is 0 Å². The number of allylic oxidation sites excluding steroid dienone is 7. The molecule has 0 amide bonds. The highest BCUT2D eigenvalue weighted by Gasteiger charge is 1.94. The maximum atomic E-state index is 9.41. The van der Waals surface area contributed by atoms with Gasteiger partial charge in [-0.15, -0.1) is 0 Å². The molecule has 148 valence electrons. The fourth-order valence-electron chi connectivity index (χ4n) is 2.89. The lowest BCUT2D eigenvalue weighted by molar-refractivity contribution is 0.450. The standard InChI is InChI=1S/C25H36O2/c1-2-3-4-5-6-7-8-9-10-11-12-13-14-15-16-17-18-19-23-20-24(26)22-25(27)21-23/h12-22,26-27H,2-11H2,1H3/b13-12+,15-14+,17-16+,19-18+. The minimum Gasteiger partial charge on any atom is -0.508 e. The topological polar surface area (TPSA) is 40.5 Å². The van der Waals surface area contributed by atoms with Crippen LogP contribution >= 0.6 is 0 Å². The van der Waals surface area contributed by atoms with Gasteiger partial charge in [0.1, 0.15) is 11.5 Å². The lowest BCUT2D eigenvalue weighted by Crippen LogP contribution is -1.80. The van der Waals surface area contributed by atoms with Crippen LogP contribution in [0.15, 0.2) is 60.7 Å². The Bertz CT molecular complexity index is 588. The molecule has 0 fully saturated rings. The summed E-state index contributed by atoms with van der Waals surface area (Å²) in [5, 5.41) is 18.8. The van der Waals surface area contributed by atoms with Gasteiger partial charge in [-0.25, -0.2) is 0 Å². The Morgan fingerprint density at radius 3 is 1.78 bits per heavy atom. The Kier molecular flexibility index (Phi) is 13.5. The highest BCUT2D eigenvalue weighted by atomic mass is 16.3. The van der Waals surface area contributed by atoms with Crippen LogP contribution < -0.4 is 0 Å². The average Bonchev–Trinajstić information content (AvgIpc) is 2.63. The van der Waals surface area contributed by atoms with Crippen molar-refractivity contribution in [2.75, 3.05) is 0 Å². The monoisotopic (exact) mass is 368 g/mol. The van der Waals surface area contributed by atoms with Gasteiger partial charge in [0.2, 0.25) is 0 Å². The third-order valence-corrected chi connectivity index (χ3v) is 4.38. The summed E-state index contributed by atoms with van der Waals surface area (Å²) < 4.78 is 0. The summed E-state index contributed by atoms with van der Waals surface area (Å²) in [6, 6.07) is 4.53. The average molecular weight is 369 g/mol. The summed E-state index contributed by atoms with van der Waals surface area (Å²) >= 11 is 0. The molecule has 0 unspecified atom stereocenters. The van der Waals surface area contributed by atoms with Crippen LogP contribution in [-0.4, -0.2) is 10.2 Å². The van der Waals surface area contributed by atoms with Crippen LogP contribution in [0.1, 0.15) is 76.7 Å². The zero-order chi connectivity index (χ0) is 19.6. The van der Waals surface area contributed by atoms with Crippen molar-refractivity contribution in [2.45, 2.75) is 71.1 Å². The molecule has 0 saturated heterocycles. The summed E-state index contributed by atoms with van der Waals surface area (Å²) in [7, 11) is 0. The van der Waals surface area contributed by atoms with Crippen molar-refractivity contribution in [2.24, 2.45) is 0 Å². The van der Waals surface area contributed by atoms with E-state index in [2.05, 4.69) is 19.1 Å². The van der Waals surface area contributed by atoms with Crippen molar-refractivity contribution in [1.82, 2.24) is 0 Å². The lowest BCUT2D eigenvalue weighted by Gasteiger charge is -2.00. The van der Waals surface area contributed by atoms with Crippen LogP contribution in [0.2, 0.25) is 0 Å². The van der Waals surface area contributed by atoms with Gasteiger partial charge in [0, 0.05) is 6.07 Å². The molecular weight excluding hydrogens is 332 g/mol. The zero-order valence-electron chi connectivity index (χ0n) is 16.8. The Morgan fingerprint density at radius 2 is 1.15 bits per heavy atom. The van der Waals surface area contributed by atoms with Gasteiger partial charge in [0.15, 0.2) is 0 Å². The van der Waals surface area contributed by atoms with Gasteiger partial charge >= 0.3 is 0 Å². The fourth-order valence-corrected chi connectivity index (χ4v) is 2.89. The number of phenolic OH excluding ortho intramolecular Hbond substituents is 2. The van der Waals surface area contributed by atoms with E-state index in [-0.39, 0.29) is 11.5 Å². The van der Waals surface area contributed by atoms with Crippen LogP contribution in [0, 0.1) is 0 Å². The molecule has 2 nitrogen and oxygen atoms in total. The molecule has 0 spiro atoms. The van der Waals surface area contributed by atoms with Crippen molar-refractivity contribution in [1.29, 1.82) is 0 Å². The molecule has 1 rings (SSSR count). The molecule has 0 aromatic heterocycles. The highest BCUT2D eigenvalue weighted by Crippen LogP contribution is 2.21. The first-order valence-corrected chi connectivity index (χ1v) is 10.4. The molecular formula is C25H36O2. The third-order valence-electron chi connectivity index (χ3n) is 4.38. The van der Waals surface area contributed by atoms with Crippen molar-refractivity contribution in [3.63, 3.8) is 0 Å². The number of rotatable bonds is 14. The summed E-state index contributed by atoms with van der Waals surface area (Å²) in [4.78, 5) is 0.